The number of carbonyl (C=O) groups is 3. The molecule has 4 rings (SSSR count). The molecule has 41 heavy (non-hydrogen) atoms. The molecule has 3 aliphatic heterocycles. The van der Waals surface area contributed by atoms with Crippen LogP contribution in [0.3, 0.4) is 0 Å². The molecule has 1 saturated heterocycles. The molecule has 0 radical (unpaired) electrons. The molecule has 0 spiro atoms. The molecule has 1 aromatic rings. The maximum absolute atomic E-state index is 13.4. The fourth-order valence-corrected chi connectivity index (χ4v) is 5.64. The number of benzene rings is 1. The molecule has 3 atom stereocenters. The van der Waals surface area contributed by atoms with Gasteiger partial charge in [-0.05, 0) is 24.6 Å². The van der Waals surface area contributed by atoms with Gasteiger partial charge in [-0.25, -0.2) is 14.6 Å². The highest BCUT2D eigenvalue weighted by Gasteiger charge is 2.47. The van der Waals surface area contributed by atoms with Crippen LogP contribution in [-0.4, -0.2) is 92.9 Å². The summed E-state index contributed by atoms with van der Waals surface area (Å²) in [7, 11) is 7.32. The third-order valence-electron chi connectivity index (χ3n) is 6.76. The predicted molar refractivity (Wildman–Crippen MR) is 147 cm³/mol. The average molecular weight is 587 g/mol. The Morgan fingerprint density at radius 1 is 1.20 bits per heavy atom. The number of nitriles is 1. The summed E-state index contributed by atoms with van der Waals surface area (Å²) in [5.41, 5.74) is 6.69. The second kappa shape index (κ2) is 11.9. The van der Waals surface area contributed by atoms with Gasteiger partial charge in [-0.2, -0.15) is 5.26 Å². The van der Waals surface area contributed by atoms with E-state index in [4.69, 9.17) is 29.4 Å². The van der Waals surface area contributed by atoms with Crippen LogP contribution in [0.4, 0.5) is 4.79 Å². The Bertz CT molecular complexity index is 1390. The number of carbonyl (C=O) groups excluding carboxylic acids is 3. The van der Waals surface area contributed by atoms with Crippen molar-refractivity contribution in [1.82, 2.24) is 15.1 Å². The Labute approximate surface area is 240 Å². The number of esters is 1. The Balaban J connectivity index is 1.75. The Kier molecular flexibility index (Phi) is 8.52. The van der Waals surface area contributed by atoms with Gasteiger partial charge >= 0.3 is 12.0 Å². The number of fused-ring (bicyclic) bond motifs is 1. The summed E-state index contributed by atoms with van der Waals surface area (Å²) in [6, 6.07) is 4.07. The van der Waals surface area contributed by atoms with E-state index in [9.17, 15) is 19.6 Å². The van der Waals surface area contributed by atoms with Crippen molar-refractivity contribution in [2.24, 2.45) is 10.7 Å². The molecule has 3 aliphatic rings. The van der Waals surface area contributed by atoms with Gasteiger partial charge in [0.05, 0.1) is 45.2 Å². The molecule has 15 heteroatoms. The number of nitrogens with two attached hydrogens (primary N) is 1. The van der Waals surface area contributed by atoms with Crippen molar-refractivity contribution in [2.75, 3.05) is 47.8 Å². The van der Waals surface area contributed by atoms with Gasteiger partial charge in [-0.15, -0.1) is 0 Å². The first-order valence-corrected chi connectivity index (χ1v) is 13.4. The number of thioether (sulfide) groups is 1. The maximum Gasteiger partial charge on any atom is 0.338 e. The minimum Gasteiger partial charge on any atom is -0.493 e. The van der Waals surface area contributed by atoms with E-state index in [1.54, 1.807) is 26.1 Å². The minimum absolute atomic E-state index is 0.00722. The van der Waals surface area contributed by atoms with E-state index in [0.717, 1.165) is 16.7 Å². The number of methoxy groups -OCH3 is 3. The van der Waals surface area contributed by atoms with E-state index in [1.807, 2.05) is 0 Å². The van der Waals surface area contributed by atoms with Crippen molar-refractivity contribution in [2.45, 2.75) is 25.0 Å². The molecule has 3 amide bonds. The van der Waals surface area contributed by atoms with Gasteiger partial charge in [0, 0.05) is 14.1 Å². The summed E-state index contributed by atoms with van der Waals surface area (Å²) in [5.74, 6) is -1.19. The quantitative estimate of drug-likeness (QED) is 0.417. The normalized spacial score (nSPS) is 22.0. The number of urea groups is 1. The lowest BCUT2D eigenvalue weighted by Gasteiger charge is -2.36. The van der Waals surface area contributed by atoms with E-state index in [2.05, 4.69) is 16.4 Å². The molecule has 0 aromatic heterocycles. The Morgan fingerprint density at radius 3 is 2.41 bits per heavy atom. The van der Waals surface area contributed by atoms with E-state index in [-0.39, 0.29) is 35.1 Å². The number of amidine groups is 1. The van der Waals surface area contributed by atoms with Gasteiger partial charge in [0.1, 0.15) is 23.4 Å². The van der Waals surface area contributed by atoms with Crippen LogP contribution in [0.15, 0.2) is 39.9 Å². The topological polar surface area (TPSA) is 178 Å². The number of amides is 3. The summed E-state index contributed by atoms with van der Waals surface area (Å²) in [4.78, 5) is 45.3. The molecule has 0 aliphatic carbocycles. The molecular formula is C26H30N6O8S. The molecule has 1 fully saturated rings. The lowest BCUT2D eigenvalue weighted by Crippen LogP contribution is -2.63. The molecule has 14 nitrogen and oxygen atoms in total. The molecule has 0 saturated carbocycles. The molecule has 0 unspecified atom stereocenters. The van der Waals surface area contributed by atoms with Crippen molar-refractivity contribution in [3.05, 3.63) is 40.5 Å². The SMILES string of the molecule is CCOC(=O)C1=C(CSC2=N[C@@H]3[C@H](N2)C(=O)N(C)C(=O)N3C)OC(N)=C(C#N)[C@@H]1c1cc(OC)c(OC)c(OC)c1. The molecule has 0 bridgehead atoms. The summed E-state index contributed by atoms with van der Waals surface area (Å²) >= 11 is 1.14. The maximum atomic E-state index is 13.4. The van der Waals surface area contributed by atoms with Crippen molar-refractivity contribution < 1.29 is 38.1 Å². The summed E-state index contributed by atoms with van der Waals surface area (Å²) in [6.45, 7) is 1.73. The number of hydrogen-bond acceptors (Lipinski definition) is 13. The summed E-state index contributed by atoms with van der Waals surface area (Å²) < 4.78 is 27.6. The van der Waals surface area contributed by atoms with Crippen molar-refractivity contribution in [1.29, 1.82) is 5.26 Å². The fourth-order valence-electron chi connectivity index (χ4n) is 4.76. The first-order chi connectivity index (χ1) is 19.6. The number of allylic oxidation sites excluding steroid dienone is 1. The number of nitrogens with one attached hydrogen (secondary N) is 1. The van der Waals surface area contributed by atoms with Gasteiger partial charge in [-0.1, -0.05) is 11.8 Å². The van der Waals surface area contributed by atoms with E-state index in [1.165, 1.54) is 33.3 Å². The summed E-state index contributed by atoms with van der Waals surface area (Å²) in [6.07, 6.45) is -0.721. The van der Waals surface area contributed by atoms with Crippen LogP contribution in [0, 0.1) is 11.3 Å². The second-order valence-electron chi connectivity index (χ2n) is 8.99. The number of nitrogens with zero attached hydrogens (tertiary/aromatic N) is 4. The zero-order valence-electron chi connectivity index (χ0n) is 23.3. The third-order valence-corrected chi connectivity index (χ3v) is 7.66. The monoisotopic (exact) mass is 586 g/mol. The smallest absolute Gasteiger partial charge is 0.338 e. The highest BCUT2D eigenvalue weighted by Crippen LogP contribution is 2.46. The van der Waals surface area contributed by atoms with Gasteiger partial charge in [0.15, 0.2) is 22.8 Å². The number of likely N-dealkylation sites (N-methyl/N-ethyl adjacent to an activating group) is 2. The first-order valence-electron chi connectivity index (χ1n) is 12.4. The first kappa shape index (κ1) is 29.4. The van der Waals surface area contributed by atoms with Gasteiger partial charge in [-0.3, -0.25) is 9.69 Å². The highest BCUT2D eigenvalue weighted by atomic mass is 32.2. The van der Waals surface area contributed by atoms with Crippen molar-refractivity contribution in [3.8, 4) is 23.3 Å². The molecule has 3 N–H and O–H groups in total. The van der Waals surface area contributed by atoms with E-state index < -0.39 is 36.0 Å². The Hall–Kier alpha value is -4.58. The Morgan fingerprint density at radius 2 is 1.85 bits per heavy atom. The van der Waals surface area contributed by atoms with Crippen LogP contribution in [0.5, 0.6) is 17.2 Å². The molecule has 1 aromatic carbocycles. The number of hydrogen-bond donors (Lipinski definition) is 2. The van der Waals surface area contributed by atoms with Crippen LogP contribution in [-0.2, 0) is 19.1 Å². The molecule has 3 heterocycles. The van der Waals surface area contributed by atoms with Crippen LogP contribution in [0.2, 0.25) is 0 Å². The van der Waals surface area contributed by atoms with Crippen molar-refractivity contribution in [3.63, 3.8) is 0 Å². The van der Waals surface area contributed by atoms with Gasteiger partial charge in [0.25, 0.3) is 5.91 Å². The standard InChI is InChI=1S/C26H30N6O8S/c1-7-39-24(34)18-16(11-41-25-29-19-22(30-25)31(2)26(35)32(3)23(19)33)40-21(28)13(10-27)17(18)12-8-14(36-4)20(38-6)15(9-12)37-5/h8-9,17,19,22H,7,11,28H2,1-6H3,(H,29,30)/t17-,19-,22-/m0/s1. The summed E-state index contributed by atoms with van der Waals surface area (Å²) in [5, 5.41) is 13.4. The lowest BCUT2D eigenvalue weighted by atomic mass is 9.82. The number of imide groups is 1. The van der Waals surface area contributed by atoms with Crippen LogP contribution in [0.25, 0.3) is 0 Å². The third kappa shape index (κ3) is 5.18. The average Bonchev–Trinajstić information content (AvgIpc) is 3.41. The number of rotatable bonds is 8. The van der Waals surface area contributed by atoms with Crippen molar-refractivity contribution >= 4 is 34.8 Å². The predicted octanol–water partition coefficient (Wildman–Crippen LogP) is 1.25. The second-order valence-corrected chi connectivity index (χ2v) is 9.95. The lowest BCUT2D eigenvalue weighted by molar-refractivity contribution is -0.139. The zero-order valence-corrected chi connectivity index (χ0v) is 24.2. The highest BCUT2D eigenvalue weighted by molar-refractivity contribution is 8.14. The van der Waals surface area contributed by atoms with Crippen LogP contribution in [0.1, 0.15) is 18.4 Å². The van der Waals surface area contributed by atoms with Crippen LogP contribution >= 0.6 is 11.8 Å². The van der Waals surface area contributed by atoms with Gasteiger partial charge in [0.2, 0.25) is 11.6 Å². The van der Waals surface area contributed by atoms with Crippen LogP contribution < -0.4 is 25.3 Å². The number of ether oxygens (including phenoxy) is 5. The minimum atomic E-state index is -0.989. The van der Waals surface area contributed by atoms with E-state index in [0.29, 0.717) is 28.0 Å². The fraction of sp³-hybridized carbons (Fsp3) is 0.423. The number of aliphatic imine (C=N–C) groups is 1. The molecule has 218 valence electrons. The zero-order chi connectivity index (χ0) is 30.0. The van der Waals surface area contributed by atoms with Gasteiger partial charge < -0.3 is 39.6 Å². The molecular weight excluding hydrogens is 556 g/mol. The largest absolute Gasteiger partial charge is 0.493 e. The van der Waals surface area contributed by atoms with E-state index >= 15 is 0 Å².